The molecule has 22 heavy (non-hydrogen) atoms. The number of hydrogen-bond acceptors (Lipinski definition) is 2. The number of aryl methyl sites for hydroxylation is 2. The largest absolute Gasteiger partial charge is 0.352 e. The molecule has 1 aromatic carbocycles. The lowest BCUT2D eigenvalue weighted by molar-refractivity contribution is 0.0954. The van der Waals surface area contributed by atoms with Gasteiger partial charge in [-0.1, -0.05) is 17.7 Å². The van der Waals surface area contributed by atoms with Crippen LogP contribution in [-0.4, -0.2) is 22.9 Å². The molecule has 0 aliphatic rings. The van der Waals surface area contributed by atoms with Crippen molar-refractivity contribution in [1.82, 2.24) is 9.88 Å². The molecule has 0 saturated heterocycles. The lowest BCUT2D eigenvalue weighted by atomic mass is 10.1. The Hall–Kier alpha value is -2.27. The Morgan fingerprint density at radius 2 is 1.95 bits per heavy atom. The maximum Gasteiger partial charge on any atom is 0.272 e. The van der Waals surface area contributed by atoms with Crippen LogP contribution in [0, 0.1) is 6.92 Å². The third kappa shape index (κ3) is 3.49. The van der Waals surface area contributed by atoms with Gasteiger partial charge in [-0.05, 0) is 37.6 Å². The molecular weight excluding hydrogens is 302 g/mol. The number of nitrogens with zero attached hydrogens (tertiary/aromatic N) is 1. The molecule has 0 radical (unpaired) electrons. The van der Waals surface area contributed by atoms with Crippen LogP contribution in [0.2, 0.25) is 5.02 Å². The number of benzene rings is 1. The van der Waals surface area contributed by atoms with Crippen LogP contribution in [0.15, 0.2) is 30.5 Å². The van der Waals surface area contributed by atoms with Gasteiger partial charge in [0.1, 0.15) is 5.69 Å². The SMILES string of the molecule is CCNC(=O)c1ccc(C)c(NC(=O)c2cc(Cl)cn2C)c1. The van der Waals surface area contributed by atoms with Crippen molar-refractivity contribution in [2.45, 2.75) is 13.8 Å². The van der Waals surface area contributed by atoms with Crippen LogP contribution in [0.1, 0.15) is 33.3 Å². The summed E-state index contributed by atoms with van der Waals surface area (Å²) in [7, 11) is 1.75. The van der Waals surface area contributed by atoms with Crippen molar-refractivity contribution in [3.8, 4) is 0 Å². The second kappa shape index (κ2) is 6.66. The molecule has 6 heteroatoms. The summed E-state index contributed by atoms with van der Waals surface area (Å²) in [6.07, 6.45) is 1.66. The number of nitrogens with one attached hydrogen (secondary N) is 2. The molecule has 2 aromatic rings. The van der Waals surface area contributed by atoms with E-state index in [2.05, 4.69) is 10.6 Å². The van der Waals surface area contributed by atoms with E-state index in [4.69, 9.17) is 11.6 Å². The van der Waals surface area contributed by atoms with Gasteiger partial charge in [0.05, 0.1) is 5.02 Å². The minimum atomic E-state index is -0.273. The fourth-order valence-corrected chi connectivity index (χ4v) is 2.35. The maximum atomic E-state index is 12.3. The van der Waals surface area contributed by atoms with E-state index in [-0.39, 0.29) is 11.8 Å². The molecule has 0 saturated carbocycles. The summed E-state index contributed by atoms with van der Waals surface area (Å²) in [6, 6.07) is 6.80. The van der Waals surface area contributed by atoms with Crippen molar-refractivity contribution in [1.29, 1.82) is 0 Å². The van der Waals surface area contributed by atoms with Crippen molar-refractivity contribution in [3.05, 3.63) is 52.3 Å². The zero-order valence-corrected chi connectivity index (χ0v) is 13.5. The van der Waals surface area contributed by atoms with Gasteiger partial charge in [-0.25, -0.2) is 0 Å². The average molecular weight is 320 g/mol. The molecule has 2 rings (SSSR count). The summed E-state index contributed by atoms with van der Waals surface area (Å²) < 4.78 is 1.65. The fraction of sp³-hybridized carbons (Fsp3) is 0.250. The van der Waals surface area contributed by atoms with Crippen LogP contribution in [0.5, 0.6) is 0 Å². The highest BCUT2D eigenvalue weighted by atomic mass is 35.5. The predicted molar refractivity (Wildman–Crippen MR) is 87.6 cm³/mol. The standard InChI is InChI=1S/C16H18ClN3O2/c1-4-18-15(21)11-6-5-10(2)13(7-11)19-16(22)14-8-12(17)9-20(14)3/h5-9H,4H2,1-3H3,(H,18,21)(H,19,22). The number of aromatic nitrogens is 1. The molecule has 5 nitrogen and oxygen atoms in total. The number of rotatable bonds is 4. The molecule has 1 heterocycles. The number of hydrogen-bond donors (Lipinski definition) is 2. The third-order valence-corrected chi connectivity index (χ3v) is 3.50. The Kier molecular flexibility index (Phi) is 4.88. The zero-order chi connectivity index (χ0) is 16.3. The van der Waals surface area contributed by atoms with Crippen LogP contribution in [0.3, 0.4) is 0 Å². The van der Waals surface area contributed by atoms with Gasteiger partial charge in [0.25, 0.3) is 11.8 Å². The van der Waals surface area contributed by atoms with Gasteiger partial charge < -0.3 is 15.2 Å². The predicted octanol–water partition coefficient (Wildman–Crippen LogP) is 2.99. The molecule has 0 unspecified atom stereocenters. The molecule has 0 spiro atoms. The molecular formula is C16H18ClN3O2. The van der Waals surface area contributed by atoms with Crippen LogP contribution in [-0.2, 0) is 7.05 Å². The van der Waals surface area contributed by atoms with E-state index in [1.54, 1.807) is 42.1 Å². The van der Waals surface area contributed by atoms with E-state index in [1.807, 2.05) is 13.8 Å². The van der Waals surface area contributed by atoms with Gasteiger partial charge in [-0.2, -0.15) is 0 Å². The van der Waals surface area contributed by atoms with Crippen molar-refractivity contribution < 1.29 is 9.59 Å². The Morgan fingerprint density at radius 1 is 1.23 bits per heavy atom. The summed E-state index contributed by atoms with van der Waals surface area (Å²) in [5, 5.41) is 6.05. The Balaban J connectivity index is 2.25. The maximum absolute atomic E-state index is 12.3. The van der Waals surface area contributed by atoms with Crippen molar-refractivity contribution >= 4 is 29.1 Å². The first-order chi connectivity index (χ1) is 10.4. The van der Waals surface area contributed by atoms with Gasteiger partial charge in [0.2, 0.25) is 0 Å². The molecule has 1 aromatic heterocycles. The summed E-state index contributed by atoms with van der Waals surface area (Å²) in [5.74, 6) is -0.439. The average Bonchev–Trinajstić information content (AvgIpc) is 2.80. The van der Waals surface area contributed by atoms with E-state index < -0.39 is 0 Å². The van der Waals surface area contributed by atoms with E-state index in [1.165, 1.54) is 0 Å². The van der Waals surface area contributed by atoms with E-state index in [9.17, 15) is 9.59 Å². The molecule has 116 valence electrons. The second-order valence-corrected chi connectivity index (χ2v) is 5.43. The third-order valence-electron chi connectivity index (χ3n) is 3.29. The molecule has 2 amide bonds. The molecule has 0 aliphatic heterocycles. The number of amides is 2. The van der Waals surface area contributed by atoms with Crippen molar-refractivity contribution in [2.75, 3.05) is 11.9 Å². The van der Waals surface area contributed by atoms with Crippen LogP contribution in [0.25, 0.3) is 0 Å². The number of carbonyl (C=O) groups is 2. The zero-order valence-electron chi connectivity index (χ0n) is 12.7. The highest BCUT2D eigenvalue weighted by Crippen LogP contribution is 2.19. The minimum absolute atomic E-state index is 0.167. The quantitative estimate of drug-likeness (QED) is 0.910. The van der Waals surface area contributed by atoms with Gasteiger partial charge >= 0.3 is 0 Å². The topological polar surface area (TPSA) is 63.1 Å². The summed E-state index contributed by atoms with van der Waals surface area (Å²) in [6.45, 7) is 4.28. The molecule has 0 atom stereocenters. The van der Waals surface area contributed by atoms with Crippen molar-refractivity contribution in [3.63, 3.8) is 0 Å². The van der Waals surface area contributed by atoms with E-state index in [0.717, 1.165) is 5.56 Å². The van der Waals surface area contributed by atoms with Crippen molar-refractivity contribution in [2.24, 2.45) is 7.05 Å². The highest BCUT2D eigenvalue weighted by Gasteiger charge is 2.14. The fourth-order valence-electron chi connectivity index (χ4n) is 2.10. The number of anilines is 1. The highest BCUT2D eigenvalue weighted by molar-refractivity contribution is 6.31. The summed E-state index contributed by atoms with van der Waals surface area (Å²) >= 11 is 5.89. The van der Waals surface area contributed by atoms with Gasteiger partial charge in [-0.3, -0.25) is 9.59 Å². The molecule has 0 fully saturated rings. The van der Waals surface area contributed by atoms with Crippen LogP contribution >= 0.6 is 11.6 Å². The van der Waals surface area contributed by atoms with E-state index >= 15 is 0 Å². The number of carbonyl (C=O) groups excluding carboxylic acids is 2. The normalized spacial score (nSPS) is 10.4. The van der Waals surface area contributed by atoms with Gasteiger partial charge in [0.15, 0.2) is 0 Å². The molecule has 2 N–H and O–H groups in total. The van der Waals surface area contributed by atoms with Gasteiger partial charge in [-0.15, -0.1) is 0 Å². The first kappa shape index (κ1) is 16.1. The van der Waals surface area contributed by atoms with Crippen LogP contribution in [0.4, 0.5) is 5.69 Å². The second-order valence-electron chi connectivity index (χ2n) is 5.00. The Morgan fingerprint density at radius 3 is 2.55 bits per heavy atom. The lowest BCUT2D eigenvalue weighted by Crippen LogP contribution is -2.23. The Labute approximate surface area is 134 Å². The smallest absolute Gasteiger partial charge is 0.272 e. The molecule has 0 bridgehead atoms. The monoisotopic (exact) mass is 319 g/mol. The first-order valence-electron chi connectivity index (χ1n) is 6.94. The first-order valence-corrected chi connectivity index (χ1v) is 7.32. The summed E-state index contributed by atoms with van der Waals surface area (Å²) in [4.78, 5) is 24.2. The summed E-state index contributed by atoms with van der Waals surface area (Å²) in [5.41, 5.74) is 2.44. The number of halogens is 1. The Bertz CT molecular complexity index is 722. The lowest BCUT2D eigenvalue weighted by Gasteiger charge is -2.11. The van der Waals surface area contributed by atoms with Crippen LogP contribution < -0.4 is 10.6 Å². The molecule has 0 aliphatic carbocycles. The van der Waals surface area contributed by atoms with E-state index in [0.29, 0.717) is 28.5 Å². The van der Waals surface area contributed by atoms with Gasteiger partial charge in [0, 0.05) is 31.0 Å². The minimum Gasteiger partial charge on any atom is -0.352 e.